The number of likely N-dealkylation sites (N-methyl/N-ethyl adjacent to an activating group) is 1. The minimum Gasteiger partial charge on any atom is -0.397 e. The minimum absolute atomic E-state index is 0.0515. The van der Waals surface area contributed by atoms with Crippen LogP contribution in [0.1, 0.15) is 265 Å². The van der Waals surface area contributed by atoms with E-state index in [0.717, 1.165) is 50.7 Å². The average molecular weight is 798 g/mol. The molecule has 0 aromatic heterocycles. The van der Waals surface area contributed by atoms with Gasteiger partial charge < -0.3 is 14.2 Å². The van der Waals surface area contributed by atoms with Gasteiger partial charge in [-0.1, -0.05) is 239 Å². The lowest BCUT2D eigenvalue weighted by molar-refractivity contribution is -0.111. The third-order valence-electron chi connectivity index (χ3n) is 11.7. The number of thioether (sulfide) groups is 1. The molecule has 0 radical (unpaired) electrons. The summed E-state index contributed by atoms with van der Waals surface area (Å²) in [7, 11) is 0.370. The van der Waals surface area contributed by atoms with Crippen molar-refractivity contribution in [3.05, 3.63) is 0 Å². The van der Waals surface area contributed by atoms with E-state index in [1.165, 1.54) is 212 Å². The van der Waals surface area contributed by atoms with Gasteiger partial charge in [-0.25, -0.2) is 0 Å². The summed E-state index contributed by atoms with van der Waals surface area (Å²) in [5, 5.41) is 4.23. The molecule has 0 aromatic carbocycles. The molecule has 6 heteroatoms. The van der Waals surface area contributed by atoms with Crippen LogP contribution < -0.4 is 5.32 Å². The lowest BCUT2D eigenvalue weighted by Crippen LogP contribution is -2.49. The van der Waals surface area contributed by atoms with Crippen LogP contribution in [0.25, 0.3) is 0 Å². The van der Waals surface area contributed by atoms with Gasteiger partial charge in [0.25, 0.3) is 0 Å². The Morgan fingerprint density at radius 2 is 0.852 bits per heavy atom. The second-order valence-corrected chi connectivity index (χ2v) is 20.3. The molecule has 4 nitrogen and oxygen atoms in total. The van der Waals surface area contributed by atoms with E-state index >= 15 is 0 Å². The van der Waals surface area contributed by atoms with Crippen molar-refractivity contribution < 1.29 is 13.6 Å². The van der Waals surface area contributed by atoms with Gasteiger partial charge in [-0.3, -0.25) is 4.79 Å². The lowest BCUT2D eigenvalue weighted by Gasteiger charge is -2.35. The van der Waals surface area contributed by atoms with Gasteiger partial charge in [0, 0.05) is 24.3 Å². The Balaban J connectivity index is 5.08. The third-order valence-corrected chi connectivity index (χ3v) is 14.8. The SMILES string of the molecule is CCCCCCCCCCCCC(CCCCCCCCCCCC)(CO[SiH](CCCSC(=O)CCCCCCC)OCCCCCCCCCC)NC. The summed E-state index contributed by atoms with van der Waals surface area (Å²) in [6.07, 6.45) is 48.5. The van der Waals surface area contributed by atoms with E-state index in [4.69, 9.17) is 8.85 Å². The zero-order valence-corrected chi connectivity index (χ0v) is 39.7. The van der Waals surface area contributed by atoms with Crippen LogP contribution in [0.15, 0.2) is 0 Å². The van der Waals surface area contributed by atoms with Crippen LogP contribution in [0.2, 0.25) is 6.04 Å². The molecule has 0 bridgehead atoms. The van der Waals surface area contributed by atoms with Crippen molar-refractivity contribution in [3.63, 3.8) is 0 Å². The fourth-order valence-corrected chi connectivity index (χ4v) is 10.8. The van der Waals surface area contributed by atoms with E-state index in [1.54, 1.807) is 11.8 Å². The maximum atomic E-state index is 12.5. The molecule has 324 valence electrons. The number of hydrogen-bond acceptors (Lipinski definition) is 5. The summed E-state index contributed by atoms with van der Waals surface area (Å²) in [5.74, 6) is 0.913. The quantitative estimate of drug-likeness (QED) is 0.0491. The van der Waals surface area contributed by atoms with Gasteiger partial charge in [0.05, 0.1) is 6.61 Å². The number of carbonyl (C=O) groups is 1. The molecule has 54 heavy (non-hydrogen) atoms. The summed E-state index contributed by atoms with van der Waals surface area (Å²) in [6, 6.07) is 1.02. The highest BCUT2D eigenvalue weighted by molar-refractivity contribution is 8.13. The fraction of sp³-hybridized carbons (Fsp3) is 0.979. The third kappa shape index (κ3) is 37.7. The van der Waals surface area contributed by atoms with Crippen LogP contribution in [0.5, 0.6) is 0 Å². The molecular weight excluding hydrogens is 699 g/mol. The minimum atomic E-state index is -1.82. The summed E-state index contributed by atoms with van der Waals surface area (Å²) < 4.78 is 13.6. The average Bonchev–Trinajstić information content (AvgIpc) is 3.18. The summed E-state index contributed by atoms with van der Waals surface area (Å²) in [4.78, 5) is 12.5. The first-order valence-electron chi connectivity index (χ1n) is 24.6. The molecule has 0 fully saturated rings. The zero-order valence-electron chi connectivity index (χ0n) is 37.7. The maximum absolute atomic E-state index is 12.5. The first-order valence-corrected chi connectivity index (χ1v) is 27.4. The second-order valence-electron chi connectivity index (χ2n) is 17.0. The highest BCUT2D eigenvalue weighted by Gasteiger charge is 2.29. The largest absolute Gasteiger partial charge is 0.397 e. The van der Waals surface area contributed by atoms with Gasteiger partial charge in [-0.05, 0) is 45.2 Å². The lowest BCUT2D eigenvalue weighted by atomic mass is 9.87. The van der Waals surface area contributed by atoms with Gasteiger partial charge in [-0.2, -0.15) is 0 Å². The van der Waals surface area contributed by atoms with Crippen molar-refractivity contribution >= 4 is 26.2 Å². The molecule has 1 unspecified atom stereocenters. The predicted octanol–water partition coefficient (Wildman–Crippen LogP) is 16.0. The standard InChI is InChI=1S/C48H99NO3SSi/c1-6-10-14-18-21-24-26-28-32-36-41-48(49-5,42-37-33-29-27-25-22-19-15-11-7-2)46-52-54(51-43-38-34-30-23-20-16-12-8-3)45-39-44-53-47(50)40-35-31-17-13-9-4/h49,54H,6-46H2,1-5H3. The highest BCUT2D eigenvalue weighted by atomic mass is 32.2. The summed E-state index contributed by atoms with van der Waals surface area (Å²) in [6.45, 7) is 10.8. The van der Waals surface area contributed by atoms with Crippen molar-refractivity contribution in [2.24, 2.45) is 0 Å². The first kappa shape index (κ1) is 54.1. The van der Waals surface area contributed by atoms with Crippen LogP contribution in [-0.2, 0) is 13.6 Å². The Kier molecular flexibility index (Phi) is 44.3. The zero-order chi connectivity index (χ0) is 39.5. The van der Waals surface area contributed by atoms with Crippen molar-refractivity contribution in [3.8, 4) is 0 Å². The van der Waals surface area contributed by atoms with Crippen molar-refractivity contribution in [2.45, 2.75) is 277 Å². The van der Waals surface area contributed by atoms with E-state index in [0.29, 0.717) is 5.12 Å². The smallest absolute Gasteiger partial charge is 0.321 e. The van der Waals surface area contributed by atoms with Crippen LogP contribution in [0, 0.1) is 0 Å². The van der Waals surface area contributed by atoms with Gasteiger partial charge in [0.1, 0.15) is 0 Å². The molecule has 0 heterocycles. The molecule has 0 spiro atoms. The number of unbranched alkanes of at least 4 members (excludes halogenated alkanes) is 29. The van der Waals surface area contributed by atoms with E-state index in [2.05, 4.69) is 40.1 Å². The van der Waals surface area contributed by atoms with Crippen LogP contribution in [0.3, 0.4) is 0 Å². The Labute approximate surface area is 346 Å². The van der Waals surface area contributed by atoms with Gasteiger partial charge >= 0.3 is 9.28 Å². The maximum Gasteiger partial charge on any atom is 0.321 e. The summed E-state index contributed by atoms with van der Waals surface area (Å²) in [5.41, 5.74) is 0.0515. The molecule has 1 N–H and O–H groups in total. The van der Waals surface area contributed by atoms with Crippen LogP contribution >= 0.6 is 11.8 Å². The molecule has 0 saturated carbocycles. The monoisotopic (exact) mass is 798 g/mol. The first-order chi connectivity index (χ1) is 26.6. The molecule has 0 rings (SSSR count). The number of nitrogens with one attached hydrogen (secondary N) is 1. The van der Waals surface area contributed by atoms with Gasteiger partial charge in [0.2, 0.25) is 0 Å². The Bertz CT molecular complexity index is 717. The predicted molar refractivity (Wildman–Crippen MR) is 247 cm³/mol. The molecule has 0 aromatic rings. The molecule has 0 aliphatic carbocycles. The van der Waals surface area contributed by atoms with Gasteiger partial charge in [0.15, 0.2) is 5.12 Å². The van der Waals surface area contributed by atoms with Crippen molar-refractivity contribution in [1.29, 1.82) is 0 Å². The van der Waals surface area contributed by atoms with Crippen LogP contribution in [-0.4, -0.2) is 46.0 Å². The van der Waals surface area contributed by atoms with E-state index in [1.807, 2.05) is 0 Å². The van der Waals surface area contributed by atoms with E-state index < -0.39 is 9.28 Å². The second kappa shape index (κ2) is 44.2. The normalized spacial score (nSPS) is 12.5. The Hall–Kier alpha value is 0.117. The Morgan fingerprint density at radius 1 is 0.481 bits per heavy atom. The number of carbonyl (C=O) groups excluding carboxylic acids is 1. The number of rotatable bonds is 46. The molecule has 0 aliphatic rings. The molecular formula is C48H99NO3SSi. The molecule has 0 saturated heterocycles. The van der Waals surface area contributed by atoms with Gasteiger partial charge in [-0.15, -0.1) is 0 Å². The van der Waals surface area contributed by atoms with E-state index in [-0.39, 0.29) is 5.54 Å². The topological polar surface area (TPSA) is 47.6 Å². The fourth-order valence-electron chi connectivity index (χ4n) is 7.79. The molecule has 1 atom stereocenters. The molecule has 0 amide bonds. The highest BCUT2D eigenvalue weighted by Crippen LogP contribution is 2.26. The van der Waals surface area contributed by atoms with Crippen molar-refractivity contribution in [1.82, 2.24) is 5.32 Å². The molecule has 0 aliphatic heterocycles. The van der Waals surface area contributed by atoms with E-state index in [9.17, 15) is 4.79 Å². The Morgan fingerprint density at radius 3 is 1.26 bits per heavy atom. The van der Waals surface area contributed by atoms with Crippen LogP contribution in [0.4, 0.5) is 0 Å². The summed E-state index contributed by atoms with van der Waals surface area (Å²) >= 11 is 1.56. The van der Waals surface area contributed by atoms with Crippen molar-refractivity contribution in [2.75, 3.05) is 26.0 Å². The number of hydrogen-bond donors (Lipinski definition) is 1.